The smallest absolute Gasteiger partial charge is 0.122 e. The van der Waals surface area contributed by atoms with Gasteiger partial charge in [0.2, 0.25) is 0 Å². The van der Waals surface area contributed by atoms with Crippen molar-refractivity contribution in [2.24, 2.45) is 5.92 Å². The molecule has 0 bridgehead atoms. The van der Waals surface area contributed by atoms with Crippen molar-refractivity contribution in [1.29, 1.82) is 0 Å². The molecule has 1 aromatic rings. The summed E-state index contributed by atoms with van der Waals surface area (Å²) >= 11 is 0. The maximum absolute atomic E-state index is 5.35. The van der Waals surface area contributed by atoms with Crippen LogP contribution in [0.1, 0.15) is 29.5 Å². The quantitative estimate of drug-likeness (QED) is 0.855. The van der Waals surface area contributed by atoms with Crippen LogP contribution in [-0.4, -0.2) is 26.7 Å². The van der Waals surface area contributed by atoms with Gasteiger partial charge < -0.3 is 15.4 Å². The van der Waals surface area contributed by atoms with E-state index in [-0.39, 0.29) is 0 Å². The van der Waals surface area contributed by atoms with Crippen LogP contribution >= 0.6 is 0 Å². The third kappa shape index (κ3) is 3.71. The molecule has 0 saturated carbocycles. The molecule has 19 heavy (non-hydrogen) atoms. The predicted octanol–water partition coefficient (Wildman–Crippen LogP) is 2.40. The van der Waals surface area contributed by atoms with Gasteiger partial charge in [-0.3, -0.25) is 0 Å². The molecule has 0 aromatic heterocycles. The normalized spacial score (nSPS) is 19.4. The Balaban J connectivity index is 1.87. The first-order valence-electron chi connectivity index (χ1n) is 7.27. The zero-order valence-electron chi connectivity index (χ0n) is 12.4. The number of methoxy groups -OCH3 is 1. The molecule has 1 saturated heterocycles. The van der Waals surface area contributed by atoms with E-state index in [9.17, 15) is 0 Å². The fourth-order valence-corrected chi connectivity index (χ4v) is 2.77. The second kappa shape index (κ2) is 6.92. The largest absolute Gasteiger partial charge is 0.496 e. The van der Waals surface area contributed by atoms with Crippen molar-refractivity contribution >= 4 is 0 Å². The van der Waals surface area contributed by atoms with Crippen molar-refractivity contribution in [3.05, 3.63) is 28.8 Å². The molecule has 0 aliphatic carbocycles. The minimum Gasteiger partial charge on any atom is -0.496 e. The van der Waals surface area contributed by atoms with Gasteiger partial charge in [0.05, 0.1) is 7.11 Å². The Kier molecular flexibility index (Phi) is 5.23. The Morgan fingerprint density at radius 1 is 1.32 bits per heavy atom. The van der Waals surface area contributed by atoms with Crippen molar-refractivity contribution in [1.82, 2.24) is 10.6 Å². The third-order valence-electron chi connectivity index (χ3n) is 4.22. The molecule has 0 radical (unpaired) electrons. The van der Waals surface area contributed by atoms with Gasteiger partial charge in [-0.1, -0.05) is 6.07 Å². The number of piperidine rings is 1. The first-order chi connectivity index (χ1) is 9.22. The fourth-order valence-electron chi connectivity index (χ4n) is 2.77. The molecule has 1 fully saturated rings. The lowest BCUT2D eigenvalue weighted by Crippen LogP contribution is -2.35. The third-order valence-corrected chi connectivity index (χ3v) is 4.22. The predicted molar refractivity (Wildman–Crippen MR) is 79.8 cm³/mol. The van der Waals surface area contributed by atoms with Gasteiger partial charge in [0.15, 0.2) is 0 Å². The summed E-state index contributed by atoms with van der Waals surface area (Å²) in [5.41, 5.74) is 3.97. The van der Waals surface area contributed by atoms with Crippen molar-refractivity contribution in [3.8, 4) is 5.75 Å². The van der Waals surface area contributed by atoms with Crippen LogP contribution in [0, 0.1) is 19.8 Å². The maximum atomic E-state index is 5.35. The maximum Gasteiger partial charge on any atom is 0.122 e. The second-order valence-corrected chi connectivity index (χ2v) is 5.52. The molecular weight excluding hydrogens is 236 g/mol. The standard InChI is InChI=1S/C16H26N2O/c1-12-13(2)16(19-3)7-6-15(12)11-18-10-14-5-4-8-17-9-14/h6-7,14,17-18H,4-5,8-11H2,1-3H3. The Morgan fingerprint density at radius 2 is 2.16 bits per heavy atom. The second-order valence-electron chi connectivity index (χ2n) is 5.52. The summed E-state index contributed by atoms with van der Waals surface area (Å²) in [5, 5.41) is 7.06. The van der Waals surface area contributed by atoms with Gasteiger partial charge in [0, 0.05) is 6.54 Å². The van der Waals surface area contributed by atoms with Crippen LogP contribution in [0.5, 0.6) is 5.75 Å². The molecule has 2 N–H and O–H groups in total. The summed E-state index contributed by atoms with van der Waals surface area (Å²) in [6, 6.07) is 4.24. The highest BCUT2D eigenvalue weighted by Crippen LogP contribution is 2.23. The van der Waals surface area contributed by atoms with Crippen LogP contribution in [0.25, 0.3) is 0 Å². The summed E-state index contributed by atoms with van der Waals surface area (Å²) in [5.74, 6) is 1.77. The number of benzene rings is 1. The van der Waals surface area contributed by atoms with E-state index in [1.54, 1.807) is 7.11 Å². The van der Waals surface area contributed by atoms with Crippen molar-refractivity contribution in [3.63, 3.8) is 0 Å². The van der Waals surface area contributed by atoms with E-state index in [1.807, 2.05) is 0 Å². The Labute approximate surface area is 116 Å². The topological polar surface area (TPSA) is 33.3 Å². The van der Waals surface area contributed by atoms with Crippen LogP contribution in [0.3, 0.4) is 0 Å². The zero-order chi connectivity index (χ0) is 13.7. The Hall–Kier alpha value is -1.06. The minimum atomic E-state index is 0.786. The molecule has 1 aliphatic rings. The molecular formula is C16H26N2O. The molecule has 0 amide bonds. The van der Waals surface area contributed by atoms with Crippen LogP contribution in [-0.2, 0) is 6.54 Å². The molecule has 1 heterocycles. The van der Waals surface area contributed by atoms with Crippen molar-refractivity contribution in [2.45, 2.75) is 33.2 Å². The van der Waals surface area contributed by atoms with E-state index in [2.05, 4.69) is 36.6 Å². The molecule has 2 rings (SSSR count). The Morgan fingerprint density at radius 3 is 2.84 bits per heavy atom. The van der Waals surface area contributed by atoms with Crippen LogP contribution in [0.2, 0.25) is 0 Å². The van der Waals surface area contributed by atoms with E-state index >= 15 is 0 Å². The Bertz CT molecular complexity index is 411. The monoisotopic (exact) mass is 262 g/mol. The first-order valence-corrected chi connectivity index (χ1v) is 7.27. The summed E-state index contributed by atoms with van der Waals surface area (Å²) in [6.45, 7) is 8.71. The van der Waals surface area contributed by atoms with E-state index < -0.39 is 0 Å². The number of hydrogen-bond donors (Lipinski definition) is 2. The molecule has 1 aliphatic heterocycles. The fraction of sp³-hybridized carbons (Fsp3) is 0.625. The first kappa shape index (κ1) is 14.4. The van der Waals surface area contributed by atoms with Gasteiger partial charge in [-0.25, -0.2) is 0 Å². The molecule has 1 aromatic carbocycles. The number of hydrogen-bond acceptors (Lipinski definition) is 3. The van der Waals surface area contributed by atoms with Gasteiger partial charge >= 0.3 is 0 Å². The molecule has 1 atom stereocenters. The van der Waals surface area contributed by atoms with Gasteiger partial charge in [0.1, 0.15) is 5.75 Å². The molecule has 1 unspecified atom stereocenters. The van der Waals surface area contributed by atoms with Crippen molar-refractivity contribution in [2.75, 3.05) is 26.7 Å². The van der Waals surface area contributed by atoms with Crippen LogP contribution in [0.4, 0.5) is 0 Å². The summed E-state index contributed by atoms with van der Waals surface area (Å²) in [7, 11) is 1.73. The molecule has 0 spiro atoms. The molecule has 3 heteroatoms. The highest BCUT2D eigenvalue weighted by atomic mass is 16.5. The summed E-state index contributed by atoms with van der Waals surface area (Å²) in [6.07, 6.45) is 2.66. The van der Waals surface area contributed by atoms with Gasteiger partial charge in [-0.2, -0.15) is 0 Å². The van der Waals surface area contributed by atoms with Gasteiger partial charge in [-0.15, -0.1) is 0 Å². The van der Waals surface area contributed by atoms with Crippen LogP contribution in [0.15, 0.2) is 12.1 Å². The SMILES string of the molecule is COc1ccc(CNCC2CCCNC2)c(C)c1C. The van der Waals surface area contributed by atoms with E-state index in [0.29, 0.717) is 0 Å². The lowest BCUT2D eigenvalue weighted by atomic mass is 9.99. The number of nitrogens with one attached hydrogen (secondary N) is 2. The van der Waals surface area contributed by atoms with Gasteiger partial charge in [0.25, 0.3) is 0 Å². The minimum absolute atomic E-state index is 0.786. The lowest BCUT2D eigenvalue weighted by molar-refractivity contribution is 0.359. The average Bonchev–Trinajstić information content (AvgIpc) is 2.45. The zero-order valence-corrected chi connectivity index (χ0v) is 12.4. The number of ether oxygens (including phenoxy) is 1. The summed E-state index contributed by atoms with van der Waals surface area (Å²) < 4.78 is 5.35. The van der Waals surface area contributed by atoms with Gasteiger partial charge in [-0.05, 0) is 75.0 Å². The van der Waals surface area contributed by atoms with E-state index in [4.69, 9.17) is 4.74 Å². The van der Waals surface area contributed by atoms with Crippen molar-refractivity contribution < 1.29 is 4.74 Å². The molecule has 106 valence electrons. The average molecular weight is 262 g/mol. The van der Waals surface area contributed by atoms with E-state index in [1.165, 1.54) is 36.1 Å². The lowest BCUT2D eigenvalue weighted by Gasteiger charge is -2.23. The highest BCUT2D eigenvalue weighted by molar-refractivity contribution is 5.43. The number of rotatable bonds is 5. The van der Waals surface area contributed by atoms with E-state index in [0.717, 1.165) is 31.3 Å². The highest BCUT2D eigenvalue weighted by Gasteiger charge is 2.12. The van der Waals surface area contributed by atoms with Crippen LogP contribution < -0.4 is 15.4 Å². The summed E-state index contributed by atoms with van der Waals surface area (Å²) in [4.78, 5) is 0. The molecule has 3 nitrogen and oxygen atoms in total.